The summed E-state index contributed by atoms with van der Waals surface area (Å²) in [5.41, 5.74) is 3.01. The Kier molecular flexibility index (Phi) is 4.41. The molecule has 1 aliphatic rings. The molecule has 1 unspecified atom stereocenters. The van der Waals surface area contributed by atoms with E-state index in [4.69, 9.17) is 14.3 Å². The molecule has 3 rings (SSSR count). The van der Waals surface area contributed by atoms with E-state index in [1.54, 1.807) is 14.2 Å². The first kappa shape index (κ1) is 16.7. The van der Waals surface area contributed by atoms with Crippen LogP contribution < -0.4 is 14.5 Å². The minimum absolute atomic E-state index is 0.0565. The number of benzene rings is 2. The lowest BCUT2D eigenvalue weighted by Gasteiger charge is -2.44. The fourth-order valence-electron chi connectivity index (χ4n) is 3.11. The molecule has 2 aromatic rings. The number of hydrogen-bond acceptors (Lipinski definition) is 4. The molecule has 0 N–H and O–H groups in total. The van der Waals surface area contributed by atoms with Crippen molar-refractivity contribution in [3.8, 4) is 11.5 Å². The first-order valence-corrected chi connectivity index (χ1v) is 8.21. The zero-order valence-corrected chi connectivity index (χ0v) is 15.0. The predicted molar refractivity (Wildman–Crippen MR) is 95.8 cm³/mol. The van der Waals surface area contributed by atoms with Crippen LogP contribution in [0, 0.1) is 0 Å². The lowest BCUT2D eigenvalue weighted by molar-refractivity contribution is -0.0105. The zero-order valence-electron chi connectivity index (χ0n) is 15.0. The largest absolute Gasteiger partial charge is 0.496 e. The molecule has 1 atom stereocenters. The molecule has 0 saturated carbocycles. The number of hydrogen-bond donors (Lipinski definition) is 0. The lowest BCUT2D eigenvalue weighted by atomic mass is 9.95. The Balaban J connectivity index is 2.15. The summed E-state index contributed by atoms with van der Waals surface area (Å²) in [6.45, 7) is 6.38. The number of methoxy groups -OCH3 is 2. The Labute approximate surface area is 143 Å². The average molecular weight is 327 g/mol. The van der Waals surface area contributed by atoms with Crippen LogP contribution in [0.3, 0.4) is 0 Å². The summed E-state index contributed by atoms with van der Waals surface area (Å²) >= 11 is 0. The van der Waals surface area contributed by atoms with Gasteiger partial charge in [0.15, 0.2) is 0 Å². The van der Waals surface area contributed by atoms with Crippen molar-refractivity contribution in [1.29, 1.82) is 0 Å². The fourth-order valence-corrected chi connectivity index (χ4v) is 3.11. The van der Waals surface area contributed by atoms with Crippen molar-refractivity contribution in [3.05, 3.63) is 53.6 Å². The smallest absolute Gasteiger partial charge is 0.145 e. The van der Waals surface area contributed by atoms with Gasteiger partial charge in [0, 0.05) is 12.0 Å². The minimum Gasteiger partial charge on any atom is -0.496 e. The van der Waals surface area contributed by atoms with Crippen LogP contribution in [0.1, 0.15) is 38.0 Å². The maximum Gasteiger partial charge on any atom is 0.145 e. The molecule has 1 heterocycles. The standard InChI is InChI=1S/C20H25NO3/c1-20(2,3)21-19-15(16(22-4)11-12-17(19)23-5)13-18(24-21)14-9-7-6-8-10-14/h6-12,18H,13H2,1-5H3. The van der Waals surface area contributed by atoms with E-state index in [0.717, 1.165) is 34.7 Å². The van der Waals surface area contributed by atoms with Gasteiger partial charge in [0.1, 0.15) is 23.3 Å². The molecule has 0 fully saturated rings. The third-order valence-corrected chi connectivity index (χ3v) is 4.25. The first-order chi connectivity index (χ1) is 11.5. The van der Waals surface area contributed by atoms with Crippen LogP contribution in [0.2, 0.25) is 0 Å². The van der Waals surface area contributed by atoms with Crippen molar-refractivity contribution < 1.29 is 14.3 Å². The van der Waals surface area contributed by atoms with Gasteiger partial charge in [-0.05, 0) is 38.5 Å². The van der Waals surface area contributed by atoms with Gasteiger partial charge < -0.3 is 9.47 Å². The van der Waals surface area contributed by atoms with E-state index >= 15 is 0 Å². The monoisotopic (exact) mass is 327 g/mol. The molecular formula is C20H25NO3. The fraction of sp³-hybridized carbons (Fsp3) is 0.400. The summed E-state index contributed by atoms with van der Waals surface area (Å²) in [5.74, 6) is 1.66. The number of anilines is 1. The number of fused-ring (bicyclic) bond motifs is 1. The average Bonchev–Trinajstić information content (AvgIpc) is 2.59. The number of ether oxygens (including phenoxy) is 2. The molecule has 4 heteroatoms. The van der Waals surface area contributed by atoms with E-state index in [1.165, 1.54) is 0 Å². The van der Waals surface area contributed by atoms with Crippen LogP contribution >= 0.6 is 0 Å². The van der Waals surface area contributed by atoms with E-state index in [-0.39, 0.29) is 11.6 Å². The molecule has 0 aliphatic carbocycles. The summed E-state index contributed by atoms with van der Waals surface area (Å²) in [6, 6.07) is 14.2. The lowest BCUT2D eigenvalue weighted by Crippen LogP contribution is -2.45. The molecule has 0 saturated heterocycles. The maximum absolute atomic E-state index is 6.40. The van der Waals surface area contributed by atoms with Crippen molar-refractivity contribution in [1.82, 2.24) is 0 Å². The summed E-state index contributed by atoms with van der Waals surface area (Å²) in [4.78, 5) is 6.40. The quantitative estimate of drug-likeness (QED) is 0.828. The van der Waals surface area contributed by atoms with Gasteiger partial charge in [0.2, 0.25) is 0 Å². The third-order valence-electron chi connectivity index (χ3n) is 4.25. The van der Waals surface area contributed by atoms with E-state index in [0.29, 0.717) is 0 Å². The Morgan fingerprint density at radius 1 is 0.958 bits per heavy atom. The molecule has 0 bridgehead atoms. The summed E-state index contributed by atoms with van der Waals surface area (Å²) < 4.78 is 11.2. The molecular weight excluding hydrogens is 302 g/mol. The highest BCUT2D eigenvalue weighted by Gasteiger charge is 2.37. The SMILES string of the molecule is COc1ccc(OC)c2c1CC(c1ccccc1)ON2C(C)(C)C. The van der Waals surface area contributed by atoms with Gasteiger partial charge in [0.05, 0.1) is 19.8 Å². The highest BCUT2D eigenvalue weighted by Crippen LogP contribution is 2.47. The van der Waals surface area contributed by atoms with Crippen molar-refractivity contribution in [3.63, 3.8) is 0 Å². The molecule has 128 valence electrons. The van der Waals surface area contributed by atoms with Crippen LogP contribution in [-0.4, -0.2) is 19.8 Å². The van der Waals surface area contributed by atoms with Crippen molar-refractivity contribution >= 4 is 5.69 Å². The van der Waals surface area contributed by atoms with E-state index < -0.39 is 0 Å². The van der Waals surface area contributed by atoms with Crippen molar-refractivity contribution in [2.24, 2.45) is 0 Å². The van der Waals surface area contributed by atoms with Crippen LogP contribution in [-0.2, 0) is 11.3 Å². The number of nitrogens with zero attached hydrogens (tertiary/aromatic N) is 1. The second kappa shape index (κ2) is 6.36. The van der Waals surface area contributed by atoms with Gasteiger partial charge >= 0.3 is 0 Å². The topological polar surface area (TPSA) is 30.9 Å². The van der Waals surface area contributed by atoms with Crippen LogP contribution in [0.5, 0.6) is 11.5 Å². The highest BCUT2D eigenvalue weighted by atomic mass is 16.7. The summed E-state index contributed by atoms with van der Waals surface area (Å²) in [6.07, 6.45) is 0.686. The second-order valence-corrected chi connectivity index (χ2v) is 6.97. The van der Waals surface area contributed by atoms with Crippen molar-refractivity contribution in [2.75, 3.05) is 19.3 Å². The molecule has 0 radical (unpaired) electrons. The Morgan fingerprint density at radius 3 is 2.17 bits per heavy atom. The summed E-state index contributed by atoms with van der Waals surface area (Å²) in [7, 11) is 3.39. The maximum atomic E-state index is 6.40. The Bertz CT molecular complexity index is 707. The van der Waals surface area contributed by atoms with Gasteiger partial charge in [0.25, 0.3) is 0 Å². The van der Waals surface area contributed by atoms with Gasteiger partial charge in [-0.3, -0.25) is 4.84 Å². The van der Waals surface area contributed by atoms with Crippen LogP contribution in [0.15, 0.2) is 42.5 Å². The van der Waals surface area contributed by atoms with Crippen LogP contribution in [0.25, 0.3) is 0 Å². The van der Waals surface area contributed by atoms with Crippen molar-refractivity contribution in [2.45, 2.75) is 38.8 Å². The Hall–Kier alpha value is -2.20. The molecule has 0 aromatic heterocycles. The molecule has 0 amide bonds. The van der Waals surface area contributed by atoms with Gasteiger partial charge in [-0.15, -0.1) is 0 Å². The molecule has 4 nitrogen and oxygen atoms in total. The van der Waals surface area contributed by atoms with E-state index in [1.807, 2.05) is 35.4 Å². The van der Waals surface area contributed by atoms with Gasteiger partial charge in [-0.1, -0.05) is 30.3 Å². The number of hydroxylamine groups is 1. The highest BCUT2D eigenvalue weighted by molar-refractivity contribution is 5.69. The second-order valence-electron chi connectivity index (χ2n) is 6.97. The molecule has 1 aliphatic heterocycles. The van der Waals surface area contributed by atoms with Gasteiger partial charge in [-0.25, -0.2) is 5.06 Å². The minimum atomic E-state index is -0.220. The normalized spacial score (nSPS) is 17.4. The molecule has 0 spiro atoms. The molecule has 2 aromatic carbocycles. The first-order valence-electron chi connectivity index (χ1n) is 8.21. The third kappa shape index (κ3) is 2.94. The van der Waals surface area contributed by atoms with E-state index in [2.05, 4.69) is 32.9 Å². The zero-order chi connectivity index (χ0) is 17.3. The predicted octanol–water partition coefficient (Wildman–Crippen LogP) is 4.54. The summed E-state index contributed by atoms with van der Waals surface area (Å²) in [5, 5.41) is 1.96. The van der Waals surface area contributed by atoms with E-state index in [9.17, 15) is 0 Å². The number of rotatable bonds is 3. The Morgan fingerprint density at radius 2 is 1.58 bits per heavy atom. The molecule has 24 heavy (non-hydrogen) atoms. The van der Waals surface area contributed by atoms with Gasteiger partial charge in [-0.2, -0.15) is 0 Å². The van der Waals surface area contributed by atoms with Crippen LogP contribution in [0.4, 0.5) is 5.69 Å².